The first-order chi connectivity index (χ1) is 15.2. The summed E-state index contributed by atoms with van der Waals surface area (Å²) in [5, 5.41) is 13.2. The van der Waals surface area contributed by atoms with Crippen LogP contribution < -0.4 is 15.8 Å². The van der Waals surface area contributed by atoms with Crippen LogP contribution in [0.25, 0.3) is 11.3 Å². The van der Waals surface area contributed by atoms with Gasteiger partial charge in [-0.25, -0.2) is 9.78 Å². The van der Waals surface area contributed by atoms with Crippen molar-refractivity contribution in [3.05, 3.63) is 39.3 Å². The average Bonchev–Trinajstić information content (AvgIpc) is 3.15. The summed E-state index contributed by atoms with van der Waals surface area (Å²) < 4.78 is 7.27. The molecule has 2 heterocycles. The van der Waals surface area contributed by atoms with Gasteiger partial charge in [0, 0.05) is 45.5 Å². The molecule has 0 aliphatic carbocycles. The lowest BCUT2D eigenvalue weighted by molar-refractivity contribution is 0.0628. The zero-order valence-corrected chi connectivity index (χ0v) is 19.8. The molecule has 0 bridgehead atoms. The van der Waals surface area contributed by atoms with Gasteiger partial charge in [0.05, 0.1) is 29.4 Å². The first kappa shape index (κ1) is 23.9. The molecule has 1 aromatic heterocycles. The molecular weight excluding hydrogens is 434 g/mol. The van der Waals surface area contributed by atoms with Crippen molar-refractivity contribution >= 4 is 29.2 Å². The molecule has 0 spiro atoms. The Morgan fingerprint density at radius 1 is 1.34 bits per heavy atom. The highest BCUT2D eigenvalue weighted by Crippen LogP contribution is 2.30. The quantitative estimate of drug-likeness (QED) is 0.651. The summed E-state index contributed by atoms with van der Waals surface area (Å²) in [6.45, 7) is 4.83. The van der Waals surface area contributed by atoms with Crippen LogP contribution in [-0.4, -0.2) is 71.6 Å². The third-order valence-electron chi connectivity index (χ3n) is 5.66. The van der Waals surface area contributed by atoms with E-state index in [1.54, 1.807) is 13.1 Å². The van der Waals surface area contributed by atoms with Gasteiger partial charge in [-0.3, -0.25) is 9.36 Å². The minimum atomic E-state index is -0.993. The fraction of sp³-hybridized carbons (Fsp3) is 0.500. The van der Waals surface area contributed by atoms with Gasteiger partial charge in [0.15, 0.2) is 0 Å². The molecule has 2 atom stereocenters. The standard InChI is InChI=1S/C22H30ClN5O4/c1-6-16-20(25-17-11-28(22(30)31)12-18(17)32-7-2)27(5)21(29)19(24-16)14-9-8-13(26(3)4)10-15(14)23/h8-10,17-18,25H,6-7,11-12H2,1-5H3,(H,30,31)/t17-,18+/m1/s1. The second-order valence-corrected chi connectivity index (χ2v) is 8.37. The summed E-state index contributed by atoms with van der Waals surface area (Å²) in [6, 6.07) is 5.21. The van der Waals surface area contributed by atoms with Crippen LogP contribution in [0.3, 0.4) is 0 Å². The summed E-state index contributed by atoms with van der Waals surface area (Å²) >= 11 is 6.50. The number of carboxylic acid groups (broad SMARTS) is 1. The van der Waals surface area contributed by atoms with Gasteiger partial charge in [-0.2, -0.15) is 0 Å². The van der Waals surface area contributed by atoms with E-state index in [9.17, 15) is 14.7 Å². The Kier molecular flexibility index (Phi) is 7.30. The Morgan fingerprint density at radius 2 is 2.06 bits per heavy atom. The zero-order valence-electron chi connectivity index (χ0n) is 19.1. The van der Waals surface area contributed by atoms with Gasteiger partial charge in [0.2, 0.25) is 0 Å². The van der Waals surface area contributed by atoms with Crippen molar-refractivity contribution in [1.82, 2.24) is 14.5 Å². The molecule has 32 heavy (non-hydrogen) atoms. The molecule has 2 aromatic rings. The van der Waals surface area contributed by atoms with Crippen LogP contribution in [0.1, 0.15) is 19.5 Å². The second-order valence-electron chi connectivity index (χ2n) is 7.96. The van der Waals surface area contributed by atoms with Crippen LogP contribution in [0.4, 0.5) is 16.3 Å². The summed E-state index contributed by atoms with van der Waals surface area (Å²) in [5.74, 6) is 0.559. The number of amides is 1. The lowest BCUT2D eigenvalue weighted by Gasteiger charge is -2.24. The molecule has 10 heteroatoms. The van der Waals surface area contributed by atoms with Gasteiger partial charge in [-0.15, -0.1) is 0 Å². The molecule has 1 aromatic carbocycles. The Hall–Kier alpha value is -2.78. The summed E-state index contributed by atoms with van der Waals surface area (Å²) in [5.41, 5.74) is 2.19. The van der Waals surface area contributed by atoms with E-state index in [2.05, 4.69) is 10.3 Å². The molecular formula is C22H30ClN5O4. The number of hydrogen-bond donors (Lipinski definition) is 2. The van der Waals surface area contributed by atoms with Gasteiger partial charge < -0.3 is 25.0 Å². The minimum Gasteiger partial charge on any atom is -0.465 e. The third-order valence-corrected chi connectivity index (χ3v) is 5.97. The van der Waals surface area contributed by atoms with E-state index in [1.807, 2.05) is 45.0 Å². The minimum absolute atomic E-state index is 0.261. The zero-order chi connectivity index (χ0) is 23.6. The maximum Gasteiger partial charge on any atom is 0.407 e. The van der Waals surface area contributed by atoms with Crippen LogP contribution in [0.15, 0.2) is 23.0 Å². The Bertz CT molecular complexity index is 1060. The number of rotatable bonds is 7. The Balaban J connectivity index is 2.00. The van der Waals surface area contributed by atoms with Gasteiger partial charge >= 0.3 is 6.09 Å². The first-order valence-electron chi connectivity index (χ1n) is 10.6. The van der Waals surface area contributed by atoms with Gasteiger partial charge in [0.1, 0.15) is 11.5 Å². The summed E-state index contributed by atoms with van der Waals surface area (Å²) in [6.07, 6.45) is -0.734. The van der Waals surface area contributed by atoms with E-state index in [0.717, 1.165) is 5.69 Å². The number of ether oxygens (including phenoxy) is 1. The lowest BCUT2D eigenvalue weighted by Crippen LogP contribution is -2.37. The SMILES string of the molecule is CCO[C@H]1CN(C(=O)O)C[C@H]1Nc1c(CC)nc(-c2ccc(N(C)C)cc2Cl)c(=O)n1C. The van der Waals surface area contributed by atoms with Crippen LogP contribution in [0, 0.1) is 0 Å². The van der Waals surface area contributed by atoms with Crippen LogP contribution in [0.5, 0.6) is 0 Å². The van der Waals surface area contributed by atoms with Crippen LogP contribution in [0.2, 0.25) is 5.02 Å². The van der Waals surface area contributed by atoms with E-state index < -0.39 is 6.09 Å². The number of aryl methyl sites for hydroxylation is 1. The number of likely N-dealkylation sites (tertiary alicyclic amines) is 1. The predicted octanol–water partition coefficient (Wildman–Crippen LogP) is 2.91. The van der Waals surface area contributed by atoms with E-state index in [4.69, 9.17) is 16.3 Å². The highest BCUT2D eigenvalue weighted by atomic mass is 35.5. The third kappa shape index (κ3) is 4.68. The van der Waals surface area contributed by atoms with E-state index in [1.165, 1.54) is 9.47 Å². The molecule has 1 aliphatic heterocycles. The smallest absolute Gasteiger partial charge is 0.407 e. The molecule has 1 amide bonds. The van der Waals surface area contributed by atoms with E-state index in [0.29, 0.717) is 35.1 Å². The predicted molar refractivity (Wildman–Crippen MR) is 126 cm³/mol. The summed E-state index contributed by atoms with van der Waals surface area (Å²) in [4.78, 5) is 32.6. The van der Waals surface area contributed by atoms with Crippen molar-refractivity contribution in [2.45, 2.75) is 32.4 Å². The number of carbonyl (C=O) groups is 1. The van der Waals surface area contributed by atoms with E-state index in [-0.39, 0.29) is 36.5 Å². The molecule has 0 unspecified atom stereocenters. The van der Waals surface area contributed by atoms with Crippen LogP contribution >= 0.6 is 11.6 Å². The Labute approximate surface area is 192 Å². The highest BCUT2D eigenvalue weighted by Gasteiger charge is 2.36. The van der Waals surface area contributed by atoms with Crippen molar-refractivity contribution < 1.29 is 14.6 Å². The number of aromatic nitrogens is 2. The number of benzene rings is 1. The normalized spacial score (nSPS) is 18.1. The van der Waals surface area contributed by atoms with Gasteiger partial charge in [-0.1, -0.05) is 18.5 Å². The Morgan fingerprint density at radius 3 is 2.62 bits per heavy atom. The van der Waals surface area contributed by atoms with Crippen molar-refractivity contribution in [3.63, 3.8) is 0 Å². The van der Waals surface area contributed by atoms with Crippen LogP contribution in [-0.2, 0) is 18.2 Å². The molecule has 0 radical (unpaired) electrons. The molecule has 174 valence electrons. The fourth-order valence-corrected chi connectivity index (χ4v) is 4.16. The number of anilines is 2. The first-order valence-corrected chi connectivity index (χ1v) is 11.0. The number of nitrogens with zero attached hydrogens (tertiary/aromatic N) is 4. The fourth-order valence-electron chi connectivity index (χ4n) is 3.89. The number of halogens is 1. The molecule has 3 rings (SSSR count). The van der Waals surface area contributed by atoms with Crippen molar-refractivity contribution in [1.29, 1.82) is 0 Å². The largest absolute Gasteiger partial charge is 0.465 e. The molecule has 2 N–H and O–H groups in total. The topological polar surface area (TPSA) is 99.9 Å². The van der Waals surface area contributed by atoms with Gasteiger partial charge in [-0.05, 0) is 31.5 Å². The number of hydrogen-bond acceptors (Lipinski definition) is 6. The maximum atomic E-state index is 13.2. The van der Waals surface area contributed by atoms with Crippen molar-refractivity contribution in [2.24, 2.45) is 7.05 Å². The lowest BCUT2D eigenvalue weighted by atomic mass is 10.1. The average molecular weight is 464 g/mol. The van der Waals surface area contributed by atoms with Gasteiger partial charge in [0.25, 0.3) is 5.56 Å². The monoisotopic (exact) mass is 463 g/mol. The molecule has 1 aliphatic rings. The number of nitrogens with one attached hydrogen (secondary N) is 1. The molecule has 0 saturated carbocycles. The molecule has 9 nitrogen and oxygen atoms in total. The molecule has 1 fully saturated rings. The second kappa shape index (κ2) is 9.79. The molecule has 1 saturated heterocycles. The maximum absolute atomic E-state index is 13.2. The van der Waals surface area contributed by atoms with Crippen molar-refractivity contribution in [3.8, 4) is 11.3 Å². The highest BCUT2D eigenvalue weighted by molar-refractivity contribution is 6.33. The van der Waals surface area contributed by atoms with Crippen molar-refractivity contribution in [2.75, 3.05) is 44.0 Å². The summed E-state index contributed by atoms with van der Waals surface area (Å²) in [7, 11) is 5.52. The van der Waals surface area contributed by atoms with E-state index >= 15 is 0 Å².